The van der Waals surface area contributed by atoms with Gasteiger partial charge in [-0.05, 0) is 49.9 Å². The SMILES string of the molecule is O=C(O)[C@@]12CCC[C@H]1[C@@H]1CC[C@@H]2C1. The zero-order chi connectivity index (χ0) is 9.05. The van der Waals surface area contributed by atoms with Gasteiger partial charge in [0.15, 0.2) is 0 Å². The molecular formula is C11H16O2. The third-order valence-corrected chi connectivity index (χ3v) is 4.94. The number of carboxylic acid groups (broad SMARTS) is 1. The first-order chi connectivity index (χ1) is 6.25. The Bertz CT molecular complexity index is 261. The average molecular weight is 180 g/mol. The molecule has 2 bridgehead atoms. The van der Waals surface area contributed by atoms with Crippen molar-refractivity contribution in [3.63, 3.8) is 0 Å². The molecule has 2 nitrogen and oxygen atoms in total. The summed E-state index contributed by atoms with van der Waals surface area (Å²) in [4.78, 5) is 11.4. The molecule has 0 unspecified atom stereocenters. The van der Waals surface area contributed by atoms with Gasteiger partial charge in [-0.2, -0.15) is 0 Å². The monoisotopic (exact) mass is 180 g/mol. The van der Waals surface area contributed by atoms with Crippen molar-refractivity contribution in [2.24, 2.45) is 23.2 Å². The van der Waals surface area contributed by atoms with Crippen molar-refractivity contribution in [2.75, 3.05) is 0 Å². The molecule has 0 aromatic heterocycles. The van der Waals surface area contributed by atoms with Gasteiger partial charge < -0.3 is 5.11 Å². The highest BCUT2D eigenvalue weighted by atomic mass is 16.4. The van der Waals surface area contributed by atoms with Crippen LogP contribution in [0.5, 0.6) is 0 Å². The molecule has 3 fully saturated rings. The number of hydrogen-bond donors (Lipinski definition) is 1. The molecule has 72 valence electrons. The van der Waals surface area contributed by atoms with Crippen LogP contribution in [0.2, 0.25) is 0 Å². The number of hydrogen-bond acceptors (Lipinski definition) is 1. The Morgan fingerprint density at radius 3 is 2.85 bits per heavy atom. The number of aliphatic carboxylic acids is 1. The molecule has 3 saturated carbocycles. The summed E-state index contributed by atoms with van der Waals surface area (Å²) in [6.45, 7) is 0. The summed E-state index contributed by atoms with van der Waals surface area (Å²) in [6, 6.07) is 0. The molecule has 2 heteroatoms. The first kappa shape index (κ1) is 7.84. The molecule has 0 spiro atoms. The Balaban J connectivity index is 2.04. The standard InChI is InChI=1S/C11H16O2/c12-10(13)11-5-1-2-9(11)7-3-4-8(11)6-7/h7-9H,1-6H2,(H,12,13)/t7-,8-,9+,11-/m1/s1. The van der Waals surface area contributed by atoms with Gasteiger partial charge in [-0.3, -0.25) is 4.79 Å². The van der Waals surface area contributed by atoms with Crippen molar-refractivity contribution in [2.45, 2.75) is 38.5 Å². The van der Waals surface area contributed by atoms with Gasteiger partial charge in [0.25, 0.3) is 0 Å². The first-order valence-corrected chi connectivity index (χ1v) is 5.48. The molecule has 4 atom stereocenters. The maximum Gasteiger partial charge on any atom is 0.310 e. The molecule has 0 aliphatic heterocycles. The second-order valence-corrected chi connectivity index (χ2v) is 5.11. The van der Waals surface area contributed by atoms with Crippen molar-refractivity contribution in [1.82, 2.24) is 0 Å². The van der Waals surface area contributed by atoms with E-state index in [1.807, 2.05) is 0 Å². The van der Waals surface area contributed by atoms with Crippen LogP contribution in [-0.2, 0) is 4.79 Å². The smallest absolute Gasteiger partial charge is 0.310 e. The zero-order valence-electron chi connectivity index (χ0n) is 7.83. The van der Waals surface area contributed by atoms with Crippen LogP contribution in [0.1, 0.15) is 38.5 Å². The lowest BCUT2D eigenvalue weighted by Gasteiger charge is -2.35. The van der Waals surface area contributed by atoms with E-state index in [1.54, 1.807) is 0 Å². The topological polar surface area (TPSA) is 37.3 Å². The fourth-order valence-corrected chi connectivity index (χ4v) is 4.51. The second kappa shape index (κ2) is 2.28. The predicted molar refractivity (Wildman–Crippen MR) is 48.2 cm³/mol. The second-order valence-electron chi connectivity index (χ2n) is 5.11. The molecule has 0 aromatic rings. The summed E-state index contributed by atoms with van der Waals surface area (Å²) >= 11 is 0. The van der Waals surface area contributed by atoms with Crippen molar-refractivity contribution < 1.29 is 9.90 Å². The van der Waals surface area contributed by atoms with Crippen LogP contribution in [0.15, 0.2) is 0 Å². The molecule has 13 heavy (non-hydrogen) atoms. The zero-order valence-corrected chi connectivity index (χ0v) is 7.83. The van der Waals surface area contributed by atoms with Gasteiger partial charge in [0.05, 0.1) is 5.41 Å². The van der Waals surface area contributed by atoms with Gasteiger partial charge in [0.1, 0.15) is 0 Å². The van der Waals surface area contributed by atoms with E-state index in [-0.39, 0.29) is 5.41 Å². The molecule has 3 rings (SSSR count). The number of rotatable bonds is 1. The molecule has 0 saturated heterocycles. The van der Waals surface area contributed by atoms with Gasteiger partial charge in [-0.1, -0.05) is 6.42 Å². The molecule has 3 aliphatic rings. The van der Waals surface area contributed by atoms with Crippen molar-refractivity contribution >= 4 is 5.97 Å². The van der Waals surface area contributed by atoms with Crippen molar-refractivity contribution in [1.29, 1.82) is 0 Å². The molecule has 3 aliphatic carbocycles. The van der Waals surface area contributed by atoms with E-state index in [9.17, 15) is 9.90 Å². The number of fused-ring (bicyclic) bond motifs is 5. The van der Waals surface area contributed by atoms with Crippen molar-refractivity contribution in [3.05, 3.63) is 0 Å². The fourth-order valence-electron chi connectivity index (χ4n) is 4.51. The van der Waals surface area contributed by atoms with E-state index < -0.39 is 5.97 Å². The summed E-state index contributed by atoms with van der Waals surface area (Å²) < 4.78 is 0. The van der Waals surface area contributed by atoms with Gasteiger partial charge in [0, 0.05) is 0 Å². The van der Waals surface area contributed by atoms with E-state index >= 15 is 0 Å². The summed E-state index contributed by atoms with van der Waals surface area (Å²) in [7, 11) is 0. The Kier molecular flexibility index (Phi) is 1.38. The summed E-state index contributed by atoms with van der Waals surface area (Å²) in [5.74, 6) is 1.36. The first-order valence-electron chi connectivity index (χ1n) is 5.48. The third kappa shape index (κ3) is 0.733. The van der Waals surface area contributed by atoms with E-state index in [2.05, 4.69) is 0 Å². The van der Waals surface area contributed by atoms with Crippen LogP contribution < -0.4 is 0 Å². The van der Waals surface area contributed by atoms with Crippen LogP contribution >= 0.6 is 0 Å². The predicted octanol–water partition coefficient (Wildman–Crippen LogP) is 2.29. The highest BCUT2D eigenvalue weighted by Crippen LogP contribution is 2.66. The minimum absolute atomic E-state index is 0.261. The number of carbonyl (C=O) groups is 1. The Hall–Kier alpha value is -0.530. The molecule has 1 N–H and O–H groups in total. The molecule has 0 amide bonds. The number of carboxylic acids is 1. The lowest BCUT2D eigenvalue weighted by Crippen LogP contribution is -2.39. The van der Waals surface area contributed by atoms with E-state index in [1.165, 1.54) is 25.7 Å². The maximum atomic E-state index is 11.4. The maximum absolute atomic E-state index is 11.4. The Morgan fingerprint density at radius 2 is 2.15 bits per heavy atom. The Morgan fingerprint density at radius 1 is 1.31 bits per heavy atom. The minimum Gasteiger partial charge on any atom is -0.481 e. The largest absolute Gasteiger partial charge is 0.481 e. The Labute approximate surface area is 78.3 Å². The van der Waals surface area contributed by atoms with Crippen LogP contribution in [0, 0.1) is 23.2 Å². The quantitative estimate of drug-likeness (QED) is 0.672. The summed E-state index contributed by atoms with van der Waals surface area (Å²) in [6.07, 6.45) is 7.03. The van der Waals surface area contributed by atoms with Crippen LogP contribution in [0.25, 0.3) is 0 Å². The summed E-state index contributed by atoms with van der Waals surface area (Å²) in [5.41, 5.74) is -0.261. The molecule has 0 heterocycles. The van der Waals surface area contributed by atoms with Gasteiger partial charge in [-0.25, -0.2) is 0 Å². The van der Waals surface area contributed by atoms with Crippen LogP contribution in [-0.4, -0.2) is 11.1 Å². The van der Waals surface area contributed by atoms with Crippen LogP contribution in [0.4, 0.5) is 0 Å². The molecular weight excluding hydrogens is 164 g/mol. The van der Waals surface area contributed by atoms with Crippen molar-refractivity contribution in [3.8, 4) is 0 Å². The highest BCUT2D eigenvalue weighted by Gasteiger charge is 2.63. The third-order valence-electron chi connectivity index (χ3n) is 4.94. The normalized spacial score (nSPS) is 52.5. The van der Waals surface area contributed by atoms with Gasteiger partial charge in [0.2, 0.25) is 0 Å². The fraction of sp³-hybridized carbons (Fsp3) is 0.909. The van der Waals surface area contributed by atoms with Gasteiger partial charge in [-0.15, -0.1) is 0 Å². The van der Waals surface area contributed by atoms with Gasteiger partial charge >= 0.3 is 5.97 Å². The van der Waals surface area contributed by atoms with E-state index in [0.717, 1.165) is 18.8 Å². The van der Waals surface area contributed by atoms with E-state index in [0.29, 0.717) is 11.8 Å². The summed E-state index contributed by atoms with van der Waals surface area (Å²) in [5, 5.41) is 9.40. The molecule has 0 radical (unpaired) electrons. The lowest BCUT2D eigenvalue weighted by molar-refractivity contribution is -0.154. The minimum atomic E-state index is -0.484. The highest BCUT2D eigenvalue weighted by molar-refractivity contribution is 5.77. The average Bonchev–Trinajstić information content (AvgIpc) is 2.76. The lowest BCUT2D eigenvalue weighted by atomic mass is 9.68. The van der Waals surface area contributed by atoms with Crippen LogP contribution in [0.3, 0.4) is 0 Å². The molecule has 0 aromatic carbocycles. The van der Waals surface area contributed by atoms with E-state index in [4.69, 9.17) is 0 Å².